The Labute approximate surface area is 152 Å². The largest absolute Gasteiger partial charge is 0.333 e. The van der Waals surface area contributed by atoms with Gasteiger partial charge in [-0.2, -0.15) is 0 Å². The summed E-state index contributed by atoms with van der Waals surface area (Å²) < 4.78 is 13.1. The van der Waals surface area contributed by atoms with E-state index in [4.69, 9.17) is 0 Å². The minimum atomic E-state index is -0.255. The van der Waals surface area contributed by atoms with Crippen LogP contribution in [0.25, 0.3) is 11.1 Å². The number of amidine groups is 1. The molecular formula is C22H19FN2O. The molecule has 0 amide bonds. The zero-order chi connectivity index (χ0) is 18.1. The fourth-order valence-electron chi connectivity index (χ4n) is 3.28. The summed E-state index contributed by atoms with van der Waals surface area (Å²) in [5, 5.41) is 0. The maximum Gasteiger partial charge on any atom is 0.169 e. The molecule has 1 unspecified atom stereocenters. The van der Waals surface area contributed by atoms with Crippen LogP contribution >= 0.6 is 0 Å². The first-order valence-corrected chi connectivity index (χ1v) is 8.68. The Bertz CT molecular complexity index is 924. The van der Waals surface area contributed by atoms with Crippen molar-refractivity contribution in [3.05, 3.63) is 83.8 Å². The van der Waals surface area contributed by atoms with Gasteiger partial charge in [0, 0.05) is 18.3 Å². The Morgan fingerprint density at radius 1 is 1.08 bits per heavy atom. The Kier molecular flexibility index (Phi) is 4.25. The third-order valence-corrected chi connectivity index (χ3v) is 4.78. The molecule has 0 N–H and O–H groups in total. The van der Waals surface area contributed by atoms with Crippen LogP contribution in [0.1, 0.15) is 17.3 Å². The van der Waals surface area contributed by atoms with Crippen LogP contribution in [0.15, 0.2) is 77.4 Å². The van der Waals surface area contributed by atoms with Crippen molar-refractivity contribution in [2.75, 3.05) is 13.1 Å². The van der Waals surface area contributed by atoms with Gasteiger partial charge in [0.2, 0.25) is 0 Å². The van der Waals surface area contributed by atoms with Gasteiger partial charge < -0.3 is 4.90 Å². The standard InChI is InChI=1S/C22H19FN2O/c1-15-10-11-25-14-19(13-24-21(25)12-15)22(26)18-4-2-16(3-5-18)17-6-8-20(23)9-7-17/h2-12,19H,13-14H2,1H3. The van der Waals surface area contributed by atoms with Crippen LogP contribution in [0.4, 0.5) is 4.39 Å². The predicted molar refractivity (Wildman–Crippen MR) is 102 cm³/mol. The number of hydrogen-bond donors (Lipinski definition) is 0. The molecule has 0 saturated carbocycles. The van der Waals surface area contributed by atoms with Crippen LogP contribution in [0.2, 0.25) is 0 Å². The molecule has 2 heterocycles. The van der Waals surface area contributed by atoms with Gasteiger partial charge in [0.1, 0.15) is 11.7 Å². The molecule has 3 nitrogen and oxygen atoms in total. The molecule has 130 valence electrons. The molecular weight excluding hydrogens is 327 g/mol. The van der Waals surface area contributed by atoms with E-state index in [0.29, 0.717) is 18.7 Å². The van der Waals surface area contributed by atoms with Gasteiger partial charge in [-0.3, -0.25) is 9.79 Å². The molecule has 2 aliphatic heterocycles. The molecule has 1 atom stereocenters. The molecule has 0 bridgehead atoms. The van der Waals surface area contributed by atoms with Crippen molar-refractivity contribution in [3.63, 3.8) is 0 Å². The van der Waals surface area contributed by atoms with Gasteiger partial charge in [-0.15, -0.1) is 0 Å². The van der Waals surface area contributed by atoms with Crippen molar-refractivity contribution < 1.29 is 9.18 Å². The molecule has 0 spiro atoms. The van der Waals surface area contributed by atoms with E-state index in [2.05, 4.69) is 4.99 Å². The second-order valence-electron chi connectivity index (χ2n) is 6.70. The molecule has 0 saturated heterocycles. The van der Waals surface area contributed by atoms with Crippen LogP contribution in [-0.4, -0.2) is 29.6 Å². The lowest BCUT2D eigenvalue weighted by Crippen LogP contribution is -2.40. The second kappa shape index (κ2) is 6.71. The summed E-state index contributed by atoms with van der Waals surface area (Å²) in [6, 6.07) is 13.9. The molecule has 4 heteroatoms. The number of rotatable bonds is 3. The fraction of sp³-hybridized carbons (Fsp3) is 0.182. The van der Waals surface area contributed by atoms with E-state index < -0.39 is 0 Å². The highest BCUT2D eigenvalue weighted by Gasteiger charge is 2.27. The summed E-state index contributed by atoms with van der Waals surface area (Å²) in [6.07, 6.45) is 6.06. The zero-order valence-corrected chi connectivity index (χ0v) is 14.5. The van der Waals surface area contributed by atoms with Crippen LogP contribution in [0.3, 0.4) is 0 Å². The lowest BCUT2D eigenvalue weighted by atomic mass is 9.94. The summed E-state index contributed by atoms with van der Waals surface area (Å²) in [5.41, 5.74) is 3.75. The Morgan fingerprint density at radius 3 is 2.42 bits per heavy atom. The number of aliphatic imine (C=N–C) groups is 1. The third kappa shape index (κ3) is 3.23. The van der Waals surface area contributed by atoms with Gasteiger partial charge in [-0.25, -0.2) is 4.39 Å². The van der Waals surface area contributed by atoms with Gasteiger partial charge in [0.05, 0.1) is 12.5 Å². The van der Waals surface area contributed by atoms with Gasteiger partial charge in [-0.05, 0) is 47.9 Å². The fourth-order valence-corrected chi connectivity index (χ4v) is 3.28. The van der Waals surface area contributed by atoms with Crippen molar-refractivity contribution >= 4 is 11.6 Å². The topological polar surface area (TPSA) is 32.7 Å². The number of benzene rings is 2. The van der Waals surface area contributed by atoms with Gasteiger partial charge in [0.15, 0.2) is 5.78 Å². The number of Topliss-reactive ketones (excluding diaryl/α,β-unsaturated/α-hetero) is 1. The summed E-state index contributed by atoms with van der Waals surface area (Å²) in [5.74, 6) is 0.639. The van der Waals surface area contributed by atoms with E-state index in [9.17, 15) is 9.18 Å². The van der Waals surface area contributed by atoms with E-state index >= 15 is 0 Å². The molecule has 0 aliphatic carbocycles. The van der Waals surface area contributed by atoms with Crippen LogP contribution < -0.4 is 0 Å². The minimum absolute atomic E-state index is 0.109. The Balaban J connectivity index is 1.50. The number of fused-ring (bicyclic) bond motifs is 1. The van der Waals surface area contributed by atoms with Crippen molar-refractivity contribution in [2.24, 2.45) is 10.9 Å². The average molecular weight is 346 g/mol. The number of carbonyl (C=O) groups is 1. The first-order chi connectivity index (χ1) is 12.6. The molecule has 2 aromatic rings. The SMILES string of the molecule is CC1=CC2=NCC(C(=O)c3ccc(-c4ccc(F)cc4)cc3)CN2C=C1. The molecule has 0 fully saturated rings. The summed E-state index contributed by atoms with van der Waals surface area (Å²) in [7, 11) is 0. The van der Waals surface area contributed by atoms with Crippen molar-refractivity contribution in [2.45, 2.75) is 6.92 Å². The van der Waals surface area contributed by atoms with E-state index in [1.165, 1.54) is 17.7 Å². The number of ketones is 1. The number of carbonyl (C=O) groups excluding carboxylic acids is 1. The summed E-state index contributed by atoms with van der Waals surface area (Å²) in [6.45, 7) is 3.20. The minimum Gasteiger partial charge on any atom is -0.333 e. The van der Waals surface area contributed by atoms with Crippen molar-refractivity contribution in [3.8, 4) is 11.1 Å². The lowest BCUT2D eigenvalue weighted by molar-refractivity contribution is 0.0909. The highest BCUT2D eigenvalue weighted by atomic mass is 19.1. The molecule has 2 aliphatic rings. The maximum absolute atomic E-state index is 13.1. The van der Waals surface area contributed by atoms with Crippen LogP contribution in [0.5, 0.6) is 0 Å². The van der Waals surface area contributed by atoms with Crippen molar-refractivity contribution in [1.29, 1.82) is 0 Å². The van der Waals surface area contributed by atoms with Gasteiger partial charge >= 0.3 is 0 Å². The Hall–Kier alpha value is -3.01. The smallest absolute Gasteiger partial charge is 0.169 e. The van der Waals surface area contributed by atoms with Crippen LogP contribution in [-0.2, 0) is 0 Å². The maximum atomic E-state index is 13.1. The van der Waals surface area contributed by atoms with Crippen molar-refractivity contribution in [1.82, 2.24) is 4.90 Å². The summed E-state index contributed by atoms with van der Waals surface area (Å²) >= 11 is 0. The first-order valence-electron chi connectivity index (χ1n) is 8.68. The number of hydrogen-bond acceptors (Lipinski definition) is 3. The number of allylic oxidation sites excluding steroid dienone is 2. The normalized spacial score (nSPS) is 18.8. The molecule has 26 heavy (non-hydrogen) atoms. The second-order valence-corrected chi connectivity index (χ2v) is 6.70. The summed E-state index contributed by atoms with van der Waals surface area (Å²) in [4.78, 5) is 19.4. The number of halogens is 1. The van der Waals surface area contributed by atoms with E-state index in [0.717, 1.165) is 17.0 Å². The first kappa shape index (κ1) is 16.5. The highest BCUT2D eigenvalue weighted by molar-refractivity contribution is 6.01. The van der Waals surface area contributed by atoms with Crippen LogP contribution in [0, 0.1) is 11.7 Å². The lowest BCUT2D eigenvalue weighted by Gasteiger charge is -2.31. The van der Waals surface area contributed by atoms with E-state index in [-0.39, 0.29) is 17.5 Å². The van der Waals surface area contributed by atoms with E-state index in [1.54, 1.807) is 12.1 Å². The molecule has 0 aromatic heterocycles. The van der Waals surface area contributed by atoms with Gasteiger partial charge in [-0.1, -0.05) is 36.4 Å². The zero-order valence-electron chi connectivity index (χ0n) is 14.5. The molecule has 4 rings (SSSR count). The molecule has 2 aromatic carbocycles. The quantitative estimate of drug-likeness (QED) is 0.768. The number of nitrogens with zero attached hydrogens (tertiary/aromatic N) is 2. The van der Waals surface area contributed by atoms with E-state index in [1.807, 2.05) is 54.4 Å². The highest BCUT2D eigenvalue weighted by Crippen LogP contribution is 2.23. The Morgan fingerprint density at radius 2 is 1.73 bits per heavy atom. The third-order valence-electron chi connectivity index (χ3n) is 4.78. The predicted octanol–water partition coefficient (Wildman–Crippen LogP) is 4.48. The average Bonchev–Trinajstić information content (AvgIpc) is 2.68. The monoisotopic (exact) mass is 346 g/mol. The molecule has 0 radical (unpaired) electrons. The van der Waals surface area contributed by atoms with Gasteiger partial charge in [0.25, 0.3) is 0 Å².